The molecule has 0 saturated heterocycles. The number of rotatable bonds is 6. The van der Waals surface area contributed by atoms with Crippen molar-refractivity contribution in [2.75, 3.05) is 6.61 Å². The van der Waals surface area contributed by atoms with Crippen molar-refractivity contribution in [1.29, 1.82) is 0 Å². The molecule has 5 nitrogen and oxygen atoms in total. The second-order valence-corrected chi connectivity index (χ2v) is 5.78. The van der Waals surface area contributed by atoms with E-state index in [-0.39, 0.29) is 34.6 Å². The van der Waals surface area contributed by atoms with E-state index in [9.17, 15) is 27.5 Å². The van der Waals surface area contributed by atoms with Crippen molar-refractivity contribution in [3.05, 3.63) is 58.4 Å². The average molecular weight is 398 g/mol. The Bertz CT molecular complexity index is 1050. The zero-order valence-corrected chi connectivity index (χ0v) is 14.7. The predicted octanol–water partition coefficient (Wildman–Crippen LogP) is 4.97. The molecule has 28 heavy (non-hydrogen) atoms. The Morgan fingerprint density at radius 1 is 1.07 bits per heavy atom. The third kappa shape index (κ3) is 3.23. The highest BCUT2D eigenvalue weighted by Crippen LogP contribution is 2.32. The summed E-state index contributed by atoms with van der Waals surface area (Å²) in [6.07, 6.45) is 0. The largest absolute Gasteiger partial charge is 0.489 e. The van der Waals surface area contributed by atoms with Gasteiger partial charge in [-0.25, -0.2) is 13.6 Å². The maximum atomic E-state index is 14.1. The molecule has 1 N–H and O–H groups in total. The maximum Gasteiger partial charge on any atom is 0.339 e. The normalized spacial score (nSPS) is 11.1. The number of furan rings is 1. The third-order valence-corrected chi connectivity index (χ3v) is 4.04. The Balaban J connectivity index is 1.94. The minimum absolute atomic E-state index is 0.0318. The zero-order chi connectivity index (χ0) is 20.6. The van der Waals surface area contributed by atoms with Gasteiger partial charge >= 0.3 is 5.97 Å². The number of fused-ring (bicyclic) bond motifs is 1. The van der Waals surface area contributed by atoms with Gasteiger partial charge in [0, 0.05) is 5.39 Å². The van der Waals surface area contributed by atoms with Crippen LogP contribution in [-0.4, -0.2) is 17.7 Å². The van der Waals surface area contributed by atoms with Gasteiger partial charge in [-0.05, 0) is 32.0 Å². The molecule has 3 rings (SSSR count). The van der Waals surface area contributed by atoms with Crippen LogP contribution in [-0.2, 0) is 6.61 Å². The molecule has 0 unspecified atom stereocenters. The fourth-order valence-electron chi connectivity index (χ4n) is 2.76. The topological polar surface area (TPSA) is 68.9 Å². The Morgan fingerprint density at radius 2 is 1.71 bits per heavy atom. The fourth-order valence-corrected chi connectivity index (χ4v) is 2.76. The van der Waals surface area contributed by atoms with Crippen LogP contribution in [0.4, 0.5) is 17.6 Å². The van der Waals surface area contributed by atoms with Gasteiger partial charge in [0.05, 0.1) is 12.2 Å². The van der Waals surface area contributed by atoms with Gasteiger partial charge in [0.15, 0.2) is 17.4 Å². The second kappa shape index (κ2) is 7.41. The number of aryl methyl sites for hydroxylation is 1. The first kappa shape index (κ1) is 19.5. The standard InChI is InChI=1S/C19H14F4O5/c1-3-26-18-16(22)14(20)11(15(21)17(18)23)7-27-9-4-5-12-10(6-9)13(19(24)25)8(2)28-12/h4-6H,3,7H2,1-2H3,(H,24,25). The van der Waals surface area contributed by atoms with Gasteiger partial charge in [0.2, 0.25) is 11.6 Å². The number of aromatic carboxylic acids is 1. The lowest BCUT2D eigenvalue weighted by Gasteiger charge is -2.13. The van der Waals surface area contributed by atoms with E-state index >= 15 is 0 Å². The van der Waals surface area contributed by atoms with Crippen LogP contribution in [0.5, 0.6) is 11.5 Å². The molecule has 9 heteroatoms. The summed E-state index contributed by atoms with van der Waals surface area (Å²) in [7, 11) is 0. The van der Waals surface area contributed by atoms with Crippen LogP contribution < -0.4 is 9.47 Å². The van der Waals surface area contributed by atoms with E-state index in [1.807, 2.05) is 0 Å². The number of hydrogen-bond donors (Lipinski definition) is 1. The van der Waals surface area contributed by atoms with E-state index in [4.69, 9.17) is 9.15 Å². The van der Waals surface area contributed by atoms with Crippen LogP contribution >= 0.6 is 0 Å². The Labute approximate surface area is 156 Å². The second-order valence-electron chi connectivity index (χ2n) is 5.78. The van der Waals surface area contributed by atoms with Crippen molar-refractivity contribution in [2.24, 2.45) is 0 Å². The van der Waals surface area contributed by atoms with Crippen molar-refractivity contribution < 1.29 is 41.4 Å². The summed E-state index contributed by atoms with van der Waals surface area (Å²) in [5, 5.41) is 9.48. The summed E-state index contributed by atoms with van der Waals surface area (Å²) in [6, 6.07) is 4.08. The Morgan fingerprint density at radius 3 is 2.29 bits per heavy atom. The molecular weight excluding hydrogens is 384 g/mol. The van der Waals surface area contributed by atoms with E-state index in [0.717, 1.165) is 0 Å². The first-order valence-corrected chi connectivity index (χ1v) is 8.13. The summed E-state index contributed by atoms with van der Waals surface area (Å²) in [5.41, 5.74) is -0.769. The fraction of sp³-hybridized carbons (Fsp3) is 0.211. The van der Waals surface area contributed by atoms with Gasteiger partial charge in [0.1, 0.15) is 29.3 Å². The van der Waals surface area contributed by atoms with Gasteiger partial charge < -0.3 is 19.0 Å². The van der Waals surface area contributed by atoms with E-state index in [1.54, 1.807) is 0 Å². The predicted molar refractivity (Wildman–Crippen MR) is 89.7 cm³/mol. The molecule has 0 radical (unpaired) electrons. The minimum Gasteiger partial charge on any atom is -0.489 e. The highest BCUT2D eigenvalue weighted by atomic mass is 19.2. The van der Waals surface area contributed by atoms with Crippen molar-refractivity contribution >= 4 is 16.9 Å². The molecule has 2 aromatic carbocycles. The van der Waals surface area contributed by atoms with E-state index < -0.39 is 47.2 Å². The van der Waals surface area contributed by atoms with E-state index in [2.05, 4.69) is 4.74 Å². The SMILES string of the molecule is CCOc1c(F)c(F)c(COc2ccc3oc(C)c(C(=O)O)c3c2)c(F)c1F. The summed E-state index contributed by atoms with van der Waals surface area (Å²) < 4.78 is 71.2. The van der Waals surface area contributed by atoms with Gasteiger partial charge in [-0.1, -0.05) is 0 Å². The molecule has 3 aromatic rings. The van der Waals surface area contributed by atoms with Crippen molar-refractivity contribution in [1.82, 2.24) is 0 Å². The quantitative estimate of drug-likeness (QED) is 0.469. The summed E-state index contributed by atoms with van der Waals surface area (Å²) in [4.78, 5) is 11.3. The lowest BCUT2D eigenvalue weighted by Crippen LogP contribution is -2.10. The van der Waals surface area contributed by atoms with Gasteiger partial charge in [-0.15, -0.1) is 0 Å². The number of carboxylic acids is 1. The lowest BCUT2D eigenvalue weighted by molar-refractivity contribution is 0.0697. The van der Waals surface area contributed by atoms with Crippen molar-refractivity contribution in [2.45, 2.75) is 20.5 Å². The molecule has 0 atom stereocenters. The highest BCUT2D eigenvalue weighted by molar-refractivity contribution is 6.03. The van der Waals surface area contributed by atoms with Gasteiger partial charge in [-0.3, -0.25) is 0 Å². The summed E-state index contributed by atoms with van der Waals surface area (Å²) in [5.74, 6) is -8.73. The molecule has 0 bridgehead atoms. The van der Waals surface area contributed by atoms with Gasteiger partial charge in [0.25, 0.3) is 0 Å². The first-order chi connectivity index (χ1) is 13.3. The van der Waals surface area contributed by atoms with Crippen molar-refractivity contribution in [3.63, 3.8) is 0 Å². The van der Waals surface area contributed by atoms with Crippen LogP contribution in [0.2, 0.25) is 0 Å². The molecule has 0 aliphatic heterocycles. The highest BCUT2D eigenvalue weighted by Gasteiger charge is 2.27. The summed E-state index contributed by atoms with van der Waals surface area (Å²) in [6.45, 7) is 1.87. The van der Waals surface area contributed by atoms with Crippen LogP contribution in [0, 0.1) is 30.2 Å². The number of benzene rings is 2. The number of halogens is 4. The zero-order valence-electron chi connectivity index (χ0n) is 14.7. The molecule has 0 aliphatic carbocycles. The molecule has 0 aliphatic rings. The average Bonchev–Trinajstić information content (AvgIpc) is 2.98. The monoisotopic (exact) mass is 398 g/mol. The van der Waals surface area contributed by atoms with Crippen LogP contribution in [0.1, 0.15) is 28.6 Å². The third-order valence-electron chi connectivity index (χ3n) is 4.04. The maximum absolute atomic E-state index is 14.1. The van der Waals surface area contributed by atoms with E-state index in [1.165, 1.54) is 32.0 Å². The lowest BCUT2D eigenvalue weighted by atomic mass is 10.1. The number of hydrogen-bond acceptors (Lipinski definition) is 4. The molecule has 148 valence electrons. The number of ether oxygens (including phenoxy) is 2. The minimum atomic E-state index is -1.66. The Kier molecular flexibility index (Phi) is 5.17. The van der Waals surface area contributed by atoms with Gasteiger partial charge in [-0.2, -0.15) is 8.78 Å². The first-order valence-electron chi connectivity index (χ1n) is 8.13. The number of carboxylic acid groups (broad SMARTS) is 1. The summed E-state index contributed by atoms with van der Waals surface area (Å²) >= 11 is 0. The number of carbonyl (C=O) groups is 1. The van der Waals surface area contributed by atoms with Crippen LogP contribution in [0.25, 0.3) is 11.0 Å². The molecule has 1 aromatic heterocycles. The van der Waals surface area contributed by atoms with Crippen LogP contribution in [0.15, 0.2) is 22.6 Å². The smallest absolute Gasteiger partial charge is 0.339 e. The van der Waals surface area contributed by atoms with Crippen LogP contribution in [0.3, 0.4) is 0 Å². The van der Waals surface area contributed by atoms with Crippen molar-refractivity contribution in [3.8, 4) is 11.5 Å². The molecule has 0 saturated carbocycles. The molecule has 1 heterocycles. The molecular formula is C19H14F4O5. The van der Waals surface area contributed by atoms with E-state index in [0.29, 0.717) is 0 Å². The Hall–Kier alpha value is -3.23. The molecule has 0 spiro atoms. The molecule has 0 fully saturated rings. The molecule has 0 amide bonds.